The molecule has 0 N–H and O–H groups in total. The van der Waals surface area contributed by atoms with Crippen LogP contribution < -0.4 is 0 Å². The van der Waals surface area contributed by atoms with E-state index in [0.717, 1.165) is 0 Å². The van der Waals surface area contributed by atoms with Crippen molar-refractivity contribution in [3.63, 3.8) is 0 Å². The van der Waals surface area contributed by atoms with Crippen LogP contribution in [0.2, 0.25) is 0 Å². The summed E-state index contributed by atoms with van der Waals surface area (Å²) in [5, 5.41) is 0. The van der Waals surface area contributed by atoms with Crippen molar-refractivity contribution in [2.45, 2.75) is 6.92 Å². The Morgan fingerprint density at radius 1 is 1.38 bits per heavy atom. The fourth-order valence-corrected chi connectivity index (χ4v) is 0.426. The van der Waals surface area contributed by atoms with Gasteiger partial charge in [-0.1, -0.05) is 18.6 Å². The van der Waals surface area contributed by atoms with Crippen LogP contribution in [0.25, 0.3) is 0 Å². The van der Waals surface area contributed by atoms with Crippen LogP contribution in [-0.2, 0) is 19.1 Å². The van der Waals surface area contributed by atoms with Crippen molar-refractivity contribution in [2.75, 3.05) is 13.2 Å². The van der Waals surface area contributed by atoms with Crippen LogP contribution in [0.3, 0.4) is 0 Å². The van der Waals surface area contributed by atoms with Gasteiger partial charge in [0.25, 0.3) is 0 Å². The van der Waals surface area contributed by atoms with Gasteiger partial charge in [-0.05, 0) is 6.92 Å². The van der Waals surface area contributed by atoms with Crippen LogP contribution in [0, 0.1) is 11.8 Å². The molecule has 0 saturated heterocycles. The fraction of sp³-hybridized carbons (Fsp3) is 0.333. The summed E-state index contributed by atoms with van der Waals surface area (Å²) in [5.74, 6) is 2.91. The molecule has 4 heteroatoms. The third-order valence-electron chi connectivity index (χ3n) is 0.951. The minimum atomic E-state index is -1.04. The first-order valence-corrected chi connectivity index (χ1v) is 3.56. The van der Waals surface area contributed by atoms with E-state index in [-0.39, 0.29) is 13.2 Å². The highest BCUT2D eigenvalue weighted by molar-refractivity contribution is 6.29. The summed E-state index contributed by atoms with van der Waals surface area (Å²) < 4.78 is 8.82. The van der Waals surface area contributed by atoms with E-state index in [0.29, 0.717) is 0 Å². The highest BCUT2D eigenvalue weighted by Crippen LogP contribution is 1.84. The largest absolute Gasteiger partial charge is 0.453 e. The van der Waals surface area contributed by atoms with Crippen LogP contribution in [-0.4, -0.2) is 25.2 Å². The van der Waals surface area contributed by atoms with Crippen molar-refractivity contribution in [1.82, 2.24) is 0 Å². The number of hydrogen-bond acceptors (Lipinski definition) is 4. The number of carbonyl (C=O) groups excluding carboxylic acids is 2. The minimum absolute atomic E-state index is 0.00656. The molecule has 4 nitrogen and oxygen atoms in total. The summed E-state index contributed by atoms with van der Waals surface area (Å²) in [6, 6.07) is 0. The SMILES string of the molecule is C=CCOC(=O)C(=O)OCC#CC. The molecule has 0 heterocycles. The van der Waals surface area contributed by atoms with Gasteiger partial charge in [0.15, 0.2) is 6.61 Å². The maximum Gasteiger partial charge on any atom is 0.418 e. The Kier molecular flexibility index (Phi) is 5.98. The van der Waals surface area contributed by atoms with Gasteiger partial charge in [0.2, 0.25) is 0 Å². The third-order valence-corrected chi connectivity index (χ3v) is 0.951. The van der Waals surface area contributed by atoms with E-state index in [1.165, 1.54) is 6.08 Å². The molecule has 0 atom stereocenters. The van der Waals surface area contributed by atoms with Crippen molar-refractivity contribution in [2.24, 2.45) is 0 Å². The molecule has 0 aliphatic heterocycles. The molecule has 0 aromatic heterocycles. The van der Waals surface area contributed by atoms with E-state index in [9.17, 15) is 9.59 Å². The Labute approximate surface area is 76.5 Å². The molecule has 0 aliphatic carbocycles. The lowest BCUT2D eigenvalue weighted by Crippen LogP contribution is -2.20. The number of hydrogen-bond donors (Lipinski definition) is 0. The average Bonchev–Trinajstić information content (AvgIpc) is 2.14. The van der Waals surface area contributed by atoms with Gasteiger partial charge in [0.05, 0.1) is 0 Å². The lowest BCUT2D eigenvalue weighted by atomic mass is 10.6. The molecule has 0 bridgehead atoms. The van der Waals surface area contributed by atoms with Crippen molar-refractivity contribution in [3.05, 3.63) is 12.7 Å². The van der Waals surface area contributed by atoms with E-state index in [4.69, 9.17) is 0 Å². The summed E-state index contributed by atoms with van der Waals surface area (Å²) >= 11 is 0. The molecule has 0 unspecified atom stereocenters. The minimum Gasteiger partial charge on any atom is -0.453 e. The van der Waals surface area contributed by atoms with Crippen molar-refractivity contribution < 1.29 is 19.1 Å². The fourth-order valence-electron chi connectivity index (χ4n) is 0.426. The summed E-state index contributed by atoms with van der Waals surface area (Å²) in [4.78, 5) is 21.4. The van der Waals surface area contributed by atoms with Crippen LogP contribution in [0.1, 0.15) is 6.92 Å². The van der Waals surface area contributed by atoms with Gasteiger partial charge in [0, 0.05) is 0 Å². The first-order valence-electron chi connectivity index (χ1n) is 3.56. The Bertz CT molecular complexity index is 257. The number of esters is 2. The van der Waals surface area contributed by atoms with E-state index >= 15 is 0 Å². The zero-order valence-corrected chi connectivity index (χ0v) is 7.33. The monoisotopic (exact) mass is 182 g/mol. The average molecular weight is 182 g/mol. The van der Waals surface area contributed by atoms with Crippen molar-refractivity contribution in [3.8, 4) is 11.8 Å². The number of ether oxygens (including phenoxy) is 2. The Morgan fingerprint density at radius 3 is 2.54 bits per heavy atom. The first kappa shape index (κ1) is 11.2. The first-order chi connectivity index (χ1) is 6.22. The molecule has 0 aromatic rings. The van der Waals surface area contributed by atoms with Gasteiger partial charge in [0.1, 0.15) is 6.61 Å². The Morgan fingerprint density at radius 2 is 2.00 bits per heavy atom. The molecule has 0 amide bonds. The lowest BCUT2D eigenvalue weighted by Gasteiger charge is -1.99. The zero-order valence-electron chi connectivity index (χ0n) is 7.33. The summed E-state index contributed by atoms with van der Waals surface area (Å²) in [5.41, 5.74) is 0. The smallest absolute Gasteiger partial charge is 0.418 e. The molecule has 0 aromatic carbocycles. The van der Waals surface area contributed by atoms with Gasteiger partial charge in [-0.3, -0.25) is 0 Å². The summed E-state index contributed by atoms with van der Waals surface area (Å²) in [6.45, 7) is 4.81. The van der Waals surface area contributed by atoms with Crippen molar-refractivity contribution >= 4 is 11.9 Å². The van der Waals surface area contributed by atoms with E-state index in [1.54, 1.807) is 6.92 Å². The molecule has 0 radical (unpaired) electrons. The quantitative estimate of drug-likeness (QED) is 0.272. The maximum atomic E-state index is 10.7. The standard InChI is InChI=1S/C9H10O4/c1-3-5-7-13-9(11)8(10)12-6-4-2/h4H,2,6-7H2,1H3. The molecule has 0 rings (SSSR count). The van der Waals surface area contributed by atoms with Crippen LogP contribution in [0.5, 0.6) is 0 Å². The number of carbonyl (C=O) groups is 2. The second kappa shape index (κ2) is 6.92. The topological polar surface area (TPSA) is 52.6 Å². The number of rotatable bonds is 3. The molecular weight excluding hydrogens is 172 g/mol. The highest BCUT2D eigenvalue weighted by atomic mass is 16.6. The summed E-state index contributed by atoms with van der Waals surface area (Å²) in [7, 11) is 0. The molecule has 0 aliphatic rings. The lowest BCUT2D eigenvalue weighted by molar-refractivity contribution is -0.166. The predicted octanol–water partition coefficient (Wildman–Crippen LogP) is 0.282. The molecule has 13 heavy (non-hydrogen) atoms. The van der Waals surface area contributed by atoms with Crippen LogP contribution in [0.4, 0.5) is 0 Å². The Hall–Kier alpha value is -1.76. The second-order valence-corrected chi connectivity index (χ2v) is 1.89. The molecule has 70 valence electrons. The van der Waals surface area contributed by atoms with Gasteiger partial charge < -0.3 is 9.47 Å². The van der Waals surface area contributed by atoms with E-state index < -0.39 is 11.9 Å². The van der Waals surface area contributed by atoms with Crippen molar-refractivity contribution in [1.29, 1.82) is 0 Å². The van der Waals surface area contributed by atoms with Gasteiger partial charge >= 0.3 is 11.9 Å². The second-order valence-electron chi connectivity index (χ2n) is 1.89. The zero-order chi connectivity index (χ0) is 10.1. The van der Waals surface area contributed by atoms with Gasteiger partial charge in [-0.25, -0.2) is 9.59 Å². The normalized spacial score (nSPS) is 7.77. The Balaban J connectivity index is 3.73. The van der Waals surface area contributed by atoms with Crippen LogP contribution in [0.15, 0.2) is 12.7 Å². The molecular formula is C9H10O4. The molecule has 0 saturated carbocycles. The highest BCUT2D eigenvalue weighted by Gasteiger charge is 2.15. The van der Waals surface area contributed by atoms with E-state index in [1.807, 2.05) is 0 Å². The molecule has 0 spiro atoms. The van der Waals surface area contributed by atoms with Crippen LogP contribution >= 0.6 is 0 Å². The third kappa shape index (κ3) is 5.50. The maximum absolute atomic E-state index is 10.7. The van der Waals surface area contributed by atoms with Gasteiger partial charge in [-0.15, -0.1) is 5.92 Å². The predicted molar refractivity (Wildman–Crippen MR) is 45.6 cm³/mol. The summed E-state index contributed by atoms with van der Waals surface area (Å²) in [6.07, 6.45) is 1.36. The van der Waals surface area contributed by atoms with E-state index in [2.05, 4.69) is 27.9 Å². The molecule has 0 fully saturated rings. The van der Waals surface area contributed by atoms with Gasteiger partial charge in [-0.2, -0.15) is 0 Å².